The van der Waals surface area contributed by atoms with Gasteiger partial charge in [0.15, 0.2) is 5.65 Å². The number of alkyl halides is 3. The van der Waals surface area contributed by atoms with Gasteiger partial charge in [0.05, 0.1) is 22.9 Å². The van der Waals surface area contributed by atoms with E-state index in [1.807, 2.05) is 30.3 Å². The van der Waals surface area contributed by atoms with Gasteiger partial charge in [0.1, 0.15) is 18.3 Å². The fourth-order valence-corrected chi connectivity index (χ4v) is 9.16. The maximum atomic E-state index is 14.9. The Hall–Kier alpha value is -5.06. The number of anilines is 1. The normalized spacial score (nSPS) is 21.8. The third-order valence-electron chi connectivity index (χ3n) is 10.4. The van der Waals surface area contributed by atoms with Crippen molar-refractivity contribution in [3.8, 4) is 11.3 Å². The molecule has 3 aromatic heterocycles. The molecule has 3 atom stereocenters. The molecular weight excluding hydrogens is 712 g/mol. The lowest BCUT2D eigenvalue weighted by atomic mass is 9.64. The van der Waals surface area contributed by atoms with Crippen LogP contribution in [-0.4, -0.2) is 77.2 Å². The Morgan fingerprint density at radius 3 is 2.51 bits per heavy atom. The van der Waals surface area contributed by atoms with E-state index >= 15 is 0 Å². The van der Waals surface area contributed by atoms with Crippen molar-refractivity contribution in [2.75, 3.05) is 38.1 Å². The third-order valence-corrected chi connectivity index (χ3v) is 12.1. The second-order valence-electron chi connectivity index (χ2n) is 13.5. The summed E-state index contributed by atoms with van der Waals surface area (Å²) in [5.41, 5.74) is -1.23. The molecule has 12 nitrogen and oxygen atoms in total. The van der Waals surface area contributed by atoms with Crippen LogP contribution in [0.25, 0.3) is 22.3 Å². The van der Waals surface area contributed by atoms with Gasteiger partial charge in [0.25, 0.3) is 10.0 Å². The van der Waals surface area contributed by atoms with Crippen LogP contribution in [0.5, 0.6) is 0 Å². The monoisotopic (exact) mass is 747 g/mol. The Balaban J connectivity index is 1.17. The average Bonchev–Trinajstić information content (AvgIpc) is 3.79. The van der Waals surface area contributed by atoms with Crippen LogP contribution in [0.1, 0.15) is 42.2 Å². The Bertz CT molecular complexity index is 2250. The second kappa shape index (κ2) is 13.7. The second-order valence-corrected chi connectivity index (χ2v) is 15.3. The van der Waals surface area contributed by atoms with Gasteiger partial charge in [-0.05, 0) is 49.1 Å². The summed E-state index contributed by atoms with van der Waals surface area (Å²) in [4.78, 5) is 27.6. The number of carbonyl (C=O) groups is 1. The van der Waals surface area contributed by atoms with Crippen molar-refractivity contribution in [1.29, 1.82) is 0 Å². The lowest BCUT2D eigenvalue weighted by Gasteiger charge is -2.47. The fraction of sp³-hybridized carbons (Fsp3) is 0.351. The van der Waals surface area contributed by atoms with Gasteiger partial charge in [-0.25, -0.2) is 32.1 Å². The molecule has 2 aliphatic heterocycles. The van der Waals surface area contributed by atoms with Crippen LogP contribution in [0, 0.1) is 5.41 Å². The summed E-state index contributed by atoms with van der Waals surface area (Å²) in [6.45, 7) is 1.87. The first-order valence-corrected chi connectivity index (χ1v) is 18.8. The van der Waals surface area contributed by atoms with Crippen LogP contribution in [0.15, 0.2) is 90.1 Å². The summed E-state index contributed by atoms with van der Waals surface area (Å²) >= 11 is 0. The Morgan fingerprint density at radius 2 is 1.81 bits per heavy atom. The van der Waals surface area contributed by atoms with E-state index in [-0.39, 0.29) is 64.3 Å². The van der Waals surface area contributed by atoms with Gasteiger partial charge < -0.3 is 25.0 Å². The van der Waals surface area contributed by atoms with E-state index < -0.39 is 39.7 Å². The lowest BCUT2D eigenvalue weighted by Crippen LogP contribution is -2.51. The predicted octanol–water partition coefficient (Wildman–Crippen LogP) is 6.01. The van der Waals surface area contributed by atoms with Gasteiger partial charge in [-0.2, -0.15) is 13.2 Å². The van der Waals surface area contributed by atoms with Crippen LogP contribution >= 0.6 is 0 Å². The molecule has 1 aliphatic carbocycles. The average molecular weight is 748 g/mol. The molecule has 2 N–H and O–H groups in total. The molecular formula is C37H36F3N7O5S. The van der Waals surface area contributed by atoms with Crippen molar-refractivity contribution in [3.05, 3.63) is 102 Å². The van der Waals surface area contributed by atoms with Crippen LogP contribution < -0.4 is 10.6 Å². The summed E-state index contributed by atoms with van der Waals surface area (Å²) in [5, 5.41) is 6.60. The van der Waals surface area contributed by atoms with E-state index in [1.54, 1.807) is 23.1 Å². The number of amides is 1. The number of ether oxygens (including phenoxy) is 2. The first-order chi connectivity index (χ1) is 25.5. The molecule has 53 heavy (non-hydrogen) atoms. The van der Waals surface area contributed by atoms with E-state index in [0.29, 0.717) is 32.5 Å². The Kier molecular flexibility index (Phi) is 9.07. The number of pyridine rings is 1. The maximum absolute atomic E-state index is 14.9. The van der Waals surface area contributed by atoms with E-state index in [4.69, 9.17) is 9.47 Å². The molecule has 1 saturated carbocycles. The van der Waals surface area contributed by atoms with Crippen molar-refractivity contribution in [1.82, 2.24) is 29.1 Å². The number of benzene rings is 2. The quantitative estimate of drug-likeness (QED) is 0.194. The van der Waals surface area contributed by atoms with Crippen molar-refractivity contribution < 1.29 is 35.9 Å². The minimum absolute atomic E-state index is 0.0227. The minimum Gasteiger partial charge on any atom is -0.445 e. The zero-order chi connectivity index (χ0) is 36.8. The highest BCUT2D eigenvalue weighted by molar-refractivity contribution is 7.90. The zero-order valence-corrected chi connectivity index (χ0v) is 29.2. The number of hydrogen-bond acceptors (Lipinski definition) is 10. The van der Waals surface area contributed by atoms with E-state index in [9.17, 15) is 26.4 Å². The number of nitrogens with one attached hydrogen (secondary N) is 2. The molecule has 8 rings (SSSR count). The molecule has 0 radical (unpaired) electrons. The van der Waals surface area contributed by atoms with Gasteiger partial charge in [0, 0.05) is 61.0 Å². The first kappa shape index (κ1) is 35.0. The molecule has 3 unspecified atom stereocenters. The van der Waals surface area contributed by atoms with Gasteiger partial charge in [-0.3, -0.25) is 0 Å². The standard InChI is InChI=1S/C37H36F3N7O5S/c38-37(39,40)27-20-43-34(44-29-13-14-36(29)15-18-46(23-36)35(48)52-22-24-8-3-1-4-9-24)45-31(27)30-26-12-7-16-42-33(26)47(32(30)28-21-41-17-19-51-28)53(49,50)25-10-5-2-6-11-25/h1-12,16,20,28-29,41H,13-15,17-19,21-23H2,(H,43,44,45). The summed E-state index contributed by atoms with van der Waals surface area (Å²) in [5.74, 6) is -0.0495. The van der Waals surface area contributed by atoms with Crippen molar-refractivity contribution >= 4 is 33.1 Å². The van der Waals surface area contributed by atoms with Gasteiger partial charge in [-0.15, -0.1) is 0 Å². The Morgan fingerprint density at radius 1 is 1.04 bits per heavy atom. The molecule has 276 valence electrons. The first-order valence-electron chi connectivity index (χ1n) is 17.3. The number of fused-ring (bicyclic) bond motifs is 1. The highest BCUT2D eigenvalue weighted by Gasteiger charge is 2.52. The van der Waals surface area contributed by atoms with Gasteiger partial charge in [0.2, 0.25) is 5.95 Å². The molecule has 1 spiro atoms. The van der Waals surface area contributed by atoms with Crippen molar-refractivity contribution in [3.63, 3.8) is 0 Å². The summed E-state index contributed by atoms with van der Waals surface area (Å²) in [6, 6.07) is 19.9. The molecule has 1 amide bonds. The fourth-order valence-electron chi connectivity index (χ4n) is 7.61. The molecule has 2 saturated heterocycles. The maximum Gasteiger partial charge on any atom is 0.419 e. The van der Waals surface area contributed by atoms with E-state index in [0.717, 1.165) is 22.2 Å². The van der Waals surface area contributed by atoms with Crippen LogP contribution in [-0.2, 0) is 32.3 Å². The molecule has 5 heterocycles. The highest BCUT2D eigenvalue weighted by atomic mass is 32.2. The lowest BCUT2D eigenvalue weighted by molar-refractivity contribution is -0.137. The number of morpholine rings is 1. The summed E-state index contributed by atoms with van der Waals surface area (Å²) < 4.78 is 86.0. The number of halogens is 3. The van der Waals surface area contributed by atoms with Crippen LogP contribution in [0.3, 0.4) is 0 Å². The molecule has 3 fully saturated rings. The molecule has 3 aliphatic rings. The largest absolute Gasteiger partial charge is 0.445 e. The van der Waals surface area contributed by atoms with Crippen molar-refractivity contribution in [2.24, 2.45) is 5.41 Å². The zero-order valence-electron chi connectivity index (χ0n) is 28.4. The molecule has 0 bridgehead atoms. The molecule has 16 heteroatoms. The van der Waals surface area contributed by atoms with Crippen LogP contribution in [0.4, 0.5) is 23.9 Å². The number of carbonyl (C=O) groups excluding carboxylic acids is 1. The summed E-state index contributed by atoms with van der Waals surface area (Å²) in [6.07, 6.45) is -1.99. The topological polar surface area (TPSA) is 141 Å². The number of aromatic nitrogens is 4. The predicted molar refractivity (Wildman–Crippen MR) is 188 cm³/mol. The number of likely N-dealkylation sites (tertiary alicyclic amines) is 1. The third kappa shape index (κ3) is 6.48. The highest BCUT2D eigenvalue weighted by Crippen LogP contribution is 2.50. The molecule has 5 aromatic rings. The molecule has 2 aromatic carbocycles. The van der Waals surface area contributed by atoms with E-state index in [1.165, 1.54) is 30.5 Å². The van der Waals surface area contributed by atoms with Crippen molar-refractivity contribution in [2.45, 2.75) is 49.1 Å². The number of nitrogens with zero attached hydrogens (tertiary/aromatic N) is 5. The number of hydrogen-bond donors (Lipinski definition) is 2. The smallest absolute Gasteiger partial charge is 0.419 e. The van der Waals surface area contributed by atoms with Crippen LogP contribution in [0.2, 0.25) is 0 Å². The SMILES string of the molecule is O=C(OCc1ccccc1)N1CCC2(CCC2Nc2ncc(C(F)(F)F)c(-c3c(C4CNCCO4)n(S(=O)(=O)c4ccccc4)c4ncccc34)n2)C1. The summed E-state index contributed by atoms with van der Waals surface area (Å²) in [7, 11) is -4.39. The minimum atomic E-state index is -4.89. The van der Waals surface area contributed by atoms with Gasteiger partial charge in [-0.1, -0.05) is 48.5 Å². The van der Waals surface area contributed by atoms with Gasteiger partial charge >= 0.3 is 12.3 Å². The number of rotatable bonds is 8. The van der Waals surface area contributed by atoms with E-state index in [2.05, 4.69) is 25.6 Å². The Labute approximate surface area is 303 Å².